The summed E-state index contributed by atoms with van der Waals surface area (Å²) in [6, 6.07) is 1.44. The number of hydrogen-bond acceptors (Lipinski definition) is 4. The smallest absolute Gasteiger partial charge is 0.305 e. The minimum Gasteiger partial charge on any atom is -0.486 e. The van der Waals surface area contributed by atoms with Gasteiger partial charge in [-0.1, -0.05) is 0 Å². The highest BCUT2D eigenvalue weighted by Gasteiger charge is 2.25. The van der Waals surface area contributed by atoms with E-state index in [0.29, 0.717) is 0 Å². The van der Waals surface area contributed by atoms with Gasteiger partial charge in [0.05, 0.1) is 6.42 Å². The molecule has 1 aromatic carbocycles. The molecule has 1 unspecified atom stereocenters. The predicted octanol–water partition coefficient (Wildman–Crippen LogP) is 1.87. The van der Waals surface area contributed by atoms with Crippen LogP contribution in [0.2, 0.25) is 0 Å². The highest BCUT2D eigenvalue weighted by Crippen LogP contribution is 2.40. The maximum atomic E-state index is 12.8. The van der Waals surface area contributed by atoms with Crippen LogP contribution in [0.5, 0.6) is 11.5 Å². The van der Waals surface area contributed by atoms with E-state index in [1.54, 1.807) is 0 Å². The Morgan fingerprint density at radius 2 is 2.05 bits per heavy atom. The van der Waals surface area contributed by atoms with Gasteiger partial charge in [-0.3, -0.25) is 4.79 Å². The van der Waals surface area contributed by atoms with Gasteiger partial charge in [0.1, 0.15) is 13.2 Å². The van der Waals surface area contributed by atoms with Gasteiger partial charge in [0.2, 0.25) is 0 Å². The Balaban J connectivity index is 2.44. The lowest BCUT2D eigenvalue weighted by molar-refractivity contribution is -0.137. The number of halogens is 2. The number of ether oxygens (including phenoxy) is 2. The first kappa shape index (κ1) is 13.5. The average molecular weight is 273 g/mol. The average Bonchev–Trinajstić information content (AvgIpc) is 2.36. The van der Waals surface area contributed by atoms with Crippen LogP contribution in [-0.2, 0) is 4.79 Å². The summed E-state index contributed by atoms with van der Waals surface area (Å²) in [6.07, 6.45) is -3.06. The molecule has 1 aromatic rings. The molecule has 5 nitrogen and oxygen atoms in total. The van der Waals surface area contributed by atoms with E-state index in [0.717, 1.165) is 0 Å². The number of rotatable bonds is 4. The molecule has 19 heavy (non-hydrogen) atoms. The van der Waals surface area contributed by atoms with Crippen molar-refractivity contribution in [1.29, 1.82) is 0 Å². The lowest BCUT2D eigenvalue weighted by atomic mass is 9.99. The monoisotopic (exact) mass is 273 g/mol. The van der Waals surface area contributed by atoms with Gasteiger partial charge in [-0.05, 0) is 12.1 Å². The van der Waals surface area contributed by atoms with E-state index < -0.39 is 18.4 Å². The third-order valence-electron chi connectivity index (χ3n) is 2.74. The number of carboxylic acid groups (broad SMARTS) is 1. The van der Waals surface area contributed by atoms with E-state index in [4.69, 9.17) is 20.3 Å². The molecule has 0 bridgehead atoms. The lowest BCUT2D eigenvalue weighted by Gasteiger charge is -2.24. The number of carbonyl (C=O) groups is 1. The molecule has 7 heteroatoms. The van der Waals surface area contributed by atoms with Gasteiger partial charge in [-0.25, -0.2) is 8.78 Å². The Labute approximate surface area is 107 Å². The van der Waals surface area contributed by atoms with Crippen LogP contribution in [0, 0.1) is 0 Å². The first-order chi connectivity index (χ1) is 8.99. The number of nitrogens with two attached hydrogens (primary N) is 1. The van der Waals surface area contributed by atoms with Crippen LogP contribution in [0.4, 0.5) is 8.78 Å². The molecular formula is C12H13F2NO4. The van der Waals surface area contributed by atoms with Crippen molar-refractivity contribution in [2.45, 2.75) is 18.9 Å². The van der Waals surface area contributed by atoms with E-state index in [-0.39, 0.29) is 42.3 Å². The largest absolute Gasteiger partial charge is 0.486 e. The lowest BCUT2D eigenvalue weighted by Crippen LogP contribution is -2.21. The zero-order chi connectivity index (χ0) is 14.0. The molecule has 104 valence electrons. The van der Waals surface area contributed by atoms with Crippen molar-refractivity contribution in [3.8, 4) is 11.5 Å². The number of hydrogen-bond donors (Lipinski definition) is 2. The van der Waals surface area contributed by atoms with E-state index in [1.165, 1.54) is 12.1 Å². The van der Waals surface area contributed by atoms with Gasteiger partial charge in [0.15, 0.2) is 11.5 Å². The molecule has 0 amide bonds. The second kappa shape index (κ2) is 5.40. The number of alkyl halides is 2. The summed E-state index contributed by atoms with van der Waals surface area (Å²) >= 11 is 0. The summed E-state index contributed by atoms with van der Waals surface area (Å²) in [4.78, 5) is 10.7. The van der Waals surface area contributed by atoms with Crippen molar-refractivity contribution >= 4 is 5.97 Å². The van der Waals surface area contributed by atoms with E-state index >= 15 is 0 Å². The fraction of sp³-hybridized carbons (Fsp3) is 0.417. The molecule has 1 heterocycles. The molecule has 2 rings (SSSR count). The summed E-state index contributed by atoms with van der Waals surface area (Å²) in [5, 5.41) is 8.73. The Bertz CT molecular complexity index is 493. The molecule has 1 aliphatic heterocycles. The van der Waals surface area contributed by atoms with Gasteiger partial charge < -0.3 is 20.3 Å². The summed E-state index contributed by atoms with van der Waals surface area (Å²) in [5.74, 6) is -0.676. The Morgan fingerprint density at radius 1 is 1.37 bits per heavy atom. The third kappa shape index (κ3) is 2.93. The van der Waals surface area contributed by atoms with Gasteiger partial charge in [-0.2, -0.15) is 0 Å². The number of carboxylic acids is 1. The van der Waals surface area contributed by atoms with Crippen LogP contribution in [0.3, 0.4) is 0 Å². The van der Waals surface area contributed by atoms with Crippen LogP contribution >= 0.6 is 0 Å². The Kier molecular flexibility index (Phi) is 3.84. The maximum Gasteiger partial charge on any atom is 0.305 e. The zero-order valence-electron chi connectivity index (χ0n) is 9.94. The SMILES string of the molecule is NC(CC(=O)O)c1cc(C(F)F)cc2c1OCCO2. The topological polar surface area (TPSA) is 81.8 Å². The maximum absolute atomic E-state index is 12.8. The van der Waals surface area contributed by atoms with Crippen molar-refractivity contribution in [1.82, 2.24) is 0 Å². The van der Waals surface area contributed by atoms with Gasteiger partial charge in [0, 0.05) is 17.2 Å². The van der Waals surface area contributed by atoms with Gasteiger partial charge in [0.25, 0.3) is 6.43 Å². The number of fused-ring (bicyclic) bond motifs is 1. The van der Waals surface area contributed by atoms with Gasteiger partial charge >= 0.3 is 5.97 Å². The number of benzene rings is 1. The van der Waals surface area contributed by atoms with Crippen molar-refractivity contribution in [2.24, 2.45) is 5.73 Å². The standard InChI is InChI=1S/C12H13F2NO4/c13-12(14)6-3-7(8(15)5-10(16)17)11-9(4-6)18-1-2-19-11/h3-4,8,12H,1-2,5,15H2,(H,16,17). The van der Waals surface area contributed by atoms with Gasteiger partial charge in [-0.15, -0.1) is 0 Å². The zero-order valence-corrected chi connectivity index (χ0v) is 9.94. The van der Waals surface area contributed by atoms with Crippen molar-refractivity contribution in [3.63, 3.8) is 0 Å². The second-order valence-electron chi connectivity index (χ2n) is 4.14. The van der Waals surface area contributed by atoms with Crippen molar-refractivity contribution < 1.29 is 28.2 Å². The summed E-state index contributed by atoms with van der Waals surface area (Å²) in [6.45, 7) is 0.529. The fourth-order valence-electron chi connectivity index (χ4n) is 1.90. The minimum atomic E-state index is -2.69. The molecule has 0 aliphatic carbocycles. The van der Waals surface area contributed by atoms with Crippen LogP contribution in [0.15, 0.2) is 12.1 Å². The van der Waals surface area contributed by atoms with E-state index in [9.17, 15) is 13.6 Å². The van der Waals surface area contributed by atoms with E-state index in [2.05, 4.69) is 0 Å². The third-order valence-corrected chi connectivity index (χ3v) is 2.74. The summed E-state index contributed by atoms with van der Waals surface area (Å²) in [5.41, 5.74) is 5.70. The van der Waals surface area contributed by atoms with Crippen LogP contribution in [0.1, 0.15) is 30.0 Å². The molecule has 0 aromatic heterocycles. The van der Waals surface area contributed by atoms with Crippen LogP contribution < -0.4 is 15.2 Å². The molecule has 0 spiro atoms. The predicted molar refractivity (Wildman–Crippen MR) is 61.6 cm³/mol. The molecule has 0 saturated heterocycles. The highest BCUT2D eigenvalue weighted by molar-refractivity contribution is 5.68. The quantitative estimate of drug-likeness (QED) is 0.875. The molecule has 1 atom stereocenters. The normalized spacial score (nSPS) is 15.4. The minimum absolute atomic E-state index is 0.180. The van der Waals surface area contributed by atoms with Crippen LogP contribution in [-0.4, -0.2) is 24.3 Å². The van der Waals surface area contributed by atoms with Crippen molar-refractivity contribution in [2.75, 3.05) is 13.2 Å². The van der Waals surface area contributed by atoms with E-state index in [1.807, 2.05) is 0 Å². The summed E-state index contributed by atoms with van der Waals surface area (Å²) in [7, 11) is 0. The Morgan fingerprint density at radius 3 is 2.68 bits per heavy atom. The first-order valence-corrected chi connectivity index (χ1v) is 5.68. The molecule has 3 N–H and O–H groups in total. The fourth-order valence-corrected chi connectivity index (χ4v) is 1.90. The molecule has 1 aliphatic rings. The first-order valence-electron chi connectivity index (χ1n) is 5.68. The molecule has 0 radical (unpaired) electrons. The second-order valence-corrected chi connectivity index (χ2v) is 4.14. The summed E-state index contributed by atoms with van der Waals surface area (Å²) < 4.78 is 36.2. The van der Waals surface area contributed by atoms with Crippen molar-refractivity contribution in [3.05, 3.63) is 23.3 Å². The highest BCUT2D eigenvalue weighted by atomic mass is 19.3. The Hall–Kier alpha value is -1.89. The molecule has 0 saturated carbocycles. The van der Waals surface area contributed by atoms with Crippen LogP contribution in [0.25, 0.3) is 0 Å². The molecular weight excluding hydrogens is 260 g/mol. The molecule has 0 fully saturated rings. The number of aliphatic carboxylic acids is 1.